The maximum atomic E-state index is 5.50. The van der Waals surface area contributed by atoms with Gasteiger partial charge in [0.2, 0.25) is 0 Å². The SMILES string of the molecule is CCC(NC1(CC)CCC1)C1CCOC1. The van der Waals surface area contributed by atoms with E-state index in [1.54, 1.807) is 0 Å². The van der Waals surface area contributed by atoms with Crippen molar-refractivity contribution in [2.45, 2.75) is 64.0 Å². The molecule has 0 aromatic rings. The fourth-order valence-corrected chi connectivity index (χ4v) is 3.02. The van der Waals surface area contributed by atoms with Gasteiger partial charge >= 0.3 is 0 Å². The zero-order chi connectivity index (χ0) is 10.7. The van der Waals surface area contributed by atoms with Crippen molar-refractivity contribution in [2.24, 2.45) is 5.92 Å². The molecule has 2 unspecified atom stereocenters. The van der Waals surface area contributed by atoms with E-state index in [9.17, 15) is 0 Å². The summed E-state index contributed by atoms with van der Waals surface area (Å²) in [5, 5.41) is 3.93. The van der Waals surface area contributed by atoms with Crippen molar-refractivity contribution in [1.29, 1.82) is 0 Å². The van der Waals surface area contributed by atoms with Crippen LogP contribution in [0.25, 0.3) is 0 Å². The van der Waals surface area contributed by atoms with E-state index in [4.69, 9.17) is 4.74 Å². The molecule has 1 aliphatic heterocycles. The van der Waals surface area contributed by atoms with Crippen LogP contribution >= 0.6 is 0 Å². The van der Waals surface area contributed by atoms with Crippen LogP contribution in [0.2, 0.25) is 0 Å². The first kappa shape index (κ1) is 11.4. The number of hydrogen-bond donors (Lipinski definition) is 1. The molecule has 1 saturated carbocycles. The first-order valence-corrected chi connectivity index (χ1v) is 6.65. The highest BCUT2D eigenvalue weighted by Gasteiger charge is 2.38. The molecule has 1 N–H and O–H groups in total. The van der Waals surface area contributed by atoms with Gasteiger partial charge in [-0.05, 0) is 44.4 Å². The van der Waals surface area contributed by atoms with Crippen molar-refractivity contribution < 1.29 is 4.74 Å². The highest BCUT2D eigenvalue weighted by molar-refractivity contribution is 4.98. The van der Waals surface area contributed by atoms with Crippen LogP contribution in [0.5, 0.6) is 0 Å². The minimum atomic E-state index is 0.489. The fraction of sp³-hybridized carbons (Fsp3) is 1.00. The fourth-order valence-electron chi connectivity index (χ4n) is 3.02. The van der Waals surface area contributed by atoms with Crippen molar-refractivity contribution in [3.05, 3.63) is 0 Å². The lowest BCUT2D eigenvalue weighted by Gasteiger charge is -2.46. The largest absolute Gasteiger partial charge is 0.381 e. The molecule has 0 aromatic heterocycles. The van der Waals surface area contributed by atoms with Crippen LogP contribution in [0, 0.1) is 5.92 Å². The van der Waals surface area contributed by atoms with Crippen LogP contribution in [0.1, 0.15) is 52.4 Å². The van der Waals surface area contributed by atoms with Gasteiger partial charge in [-0.1, -0.05) is 13.8 Å². The van der Waals surface area contributed by atoms with Gasteiger partial charge in [0.25, 0.3) is 0 Å². The molecule has 0 aromatic carbocycles. The van der Waals surface area contributed by atoms with E-state index in [1.807, 2.05) is 0 Å². The number of rotatable bonds is 5. The van der Waals surface area contributed by atoms with Crippen LogP contribution in [0.15, 0.2) is 0 Å². The van der Waals surface area contributed by atoms with Crippen molar-refractivity contribution >= 4 is 0 Å². The van der Waals surface area contributed by atoms with Crippen molar-refractivity contribution in [2.75, 3.05) is 13.2 Å². The lowest BCUT2D eigenvalue weighted by atomic mass is 9.73. The third kappa shape index (κ3) is 2.36. The maximum absolute atomic E-state index is 5.50. The van der Waals surface area contributed by atoms with Gasteiger partial charge in [-0.2, -0.15) is 0 Å². The normalized spacial score (nSPS) is 31.2. The Labute approximate surface area is 93.8 Å². The van der Waals surface area contributed by atoms with E-state index < -0.39 is 0 Å². The molecule has 15 heavy (non-hydrogen) atoms. The second-order valence-electron chi connectivity index (χ2n) is 5.27. The van der Waals surface area contributed by atoms with Gasteiger partial charge in [0.15, 0.2) is 0 Å². The molecule has 2 nitrogen and oxygen atoms in total. The molecule has 88 valence electrons. The summed E-state index contributed by atoms with van der Waals surface area (Å²) in [5.41, 5.74) is 0.489. The lowest BCUT2D eigenvalue weighted by Crippen LogP contribution is -2.56. The molecular weight excluding hydrogens is 186 g/mol. The molecule has 1 heterocycles. The van der Waals surface area contributed by atoms with Crippen LogP contribution in [0.4, 0.5) is 0 Å². The molecule has 1 aliphatic carbocycles. The van der Waals surface area contributed by atoms with Gasteiger partial charge in [-0.3, -0.25) is 0 Å². The summed E-state index contributed by atoms with van der Waals surface area (Å²) in [6.45, 7) is 6.58. The Morgan fingerprint density at radius 2 is 2.20 bits per heavy atom. The first-order chi connectivity index (χ1) is 7.29. The van der Waals surface area contributed by atoms with E-state index >= 15 is 0 Å². The Kier molecular flexibility index (Phi) is 3.68. The van der Waals surface area contributed by atoms with Gasteiger partial charge in [-0.15, -0.1) is 0 Å². The average molecular weight is 211 g/mol. The molecule has 2 fully saturated rings. The second-order valence-corrected chi connectivity index (χ2v) is 5.27. The monoisotopic (exact) mass is 211 g/mol. The number of ether oxygens (including phenoxy) is 1. The van der Waals surface area contributed by atoms with Crippen LogP contribution in [0.3, 0.4) is 0 Å². The van der Waals surface area contributed by atoms with E-state index in [2.05, 4.69) is 19.2 Å². The molecule has 2 atom stereocenters. The standard InChI is InChI=1S/C13H25NO/c1-3-12(11-6-9-15-10-11)14-13(4-2)7-5-8-13/h11-12,14H,3-10H2,1-2H3. The van der Waals surface area contributed by atoms with Gasteiger partial charge < -0.3 is 10.1 Å². The summed E-state index contributed by atoms with van der Waals surface area (Å²) >= 11 is 0. The molecule has 0 radical (unpaired) electrons. The minimum absolute atomic E-state index is 0.489. The molecule has 2 aliphatic rings. The quantitative estimate of drug-likeness (QED) is 0.755. The highest BCUT2D eigenvalue weighted by Crippen LogP contribution is 2.36. The van der Waals surface area contributed by atoms with Gasteiger partial charge in [-0.25, -0.2) is 0 Å². The van der Waals surface area contributed by atoms with Gasteiger partial charge in [0.05, 0.1) is 6.61 Å². The highest BCUT2D eigenvalue weighted by atomic mass is 16.5. The molecule has 0 amide bonds. The Hall–Kier alpha value is -0.0800. The summed E-state index contributed by atoms with van der Waals surface area (Å²) < 4.78 is 5.50. The third-order valence-corrected chi connectivity index (χ3v) is 4.45. The van der Waals surface area contributed by atoms with Crippen LogP contribution in [-0.2, 0) is 4.74 Å². The second kappa shape index (κ2) is 4.84. The van der Waals surface area contributed by atoms with E-state index in [1.165, 1.54) is 38.5 Å². The van der Waals surface area contributed by atoms with Crippen LogP contribution in [-0.4, -0.2) is 24.8 Å². The molecule has 2 rings (SSSR count). The first-order valence-electron chi connectivity index (χ1n) is 6.65. The molecule has 2 heteroatoms. The molecule has 0 bridgehead atoms. The molecule has 0 spiro atoms. The summed E-state index contributed by atoms with van der Waals surface area (Å²) in [7, 11) is 0. The smallest absolute Gasteiger partial charge is 0.0510 e. The van der Waals surface area contributed by atoms with Gasteiger partial charge in [0.1, 0.15) is 0 Å². The predicted octanol–water partition coefficient (Wildman–Crippen LogP) is 2.72. The summed E-state index contributed by atoms with van der Waals surface area (Å²) in [4.78, 5) is 0. The van der Waals surface area contributed by atoms with Crippen molar-refractivity contribution in [3.63, 3.8) is 0 Å². The number of nitrogens with one attached hydrogen (secondary N) is 1. The van der Waals surface area contributed by atoms with Crippen LogP contribution < -0.4 is 5.32 Å². The summed E-state index contributed by atoms with van der Waals surface area (Å²) in [5.74, 6) is 0.763. The predicted molar refractivity (Wildman–Crippen MR) is 63.0 cm³/mol. The van der Waals surface area contributed by atoms with E-state index in [0.29, 0.717) is 11.6 Å². The average Bonchev–Trinajstić information content (AvgIpc) is 2.71. The Morgan fingerprint density at radius 1 is 1.40 bits per heavy atom. The topological polar surface area (TPSA) is 21.3 Å². The number of hydrogen-bond acceptors (Lipinski definition) is 2. The Balaban J connectivity index is 1.89. The van der Waals surface area contributed by atoms with Crippen molar-refractivity contribution in [1.82, 2.24) is 5.32 Å². The zero-order valence-electron chi connectivity index (χ0n) is 10.2. The van der Waals surface area contributed by atoms with Gasteiger partial charge in [0, 0.05) is 18.2 Å². The van der Waals surface area contributed by atoms with E-state index in [-0.39, 0.29) is 0 Å². The Bertz CT molecular complexity index is 189. The summed E-state index contributed by atoms with van der Waals surface area (Å²) in [6, 6.07) is 0.688. The maximum Gasteiger partial charge on any atom is 0.0510 e. The third-order valence-electron chi connectivity index (χ3n) is 4.45. The summed E-state index contributed by atoms with van der Waals surface area (Å²) in [6.07, 6.45) is 7.97. The molecule has 1 saturated heterocycles. The minimum Gasteiger partial charge on any atom is -0.381 e. The Morgan fingerprint density at radius 3 is 2.60 bits per heavy atom. The molecular formula is C13H25NO. The zero-order valence-corrected chi connectivity index (χ0v) is 10.2. The van der Waals surface area contributed by atoms with E-state index in [0.717, 1.165) is 19.1 Å². The lowest BCUT2D eigenvalue weighted by molar-refractivity contribution is 0.122. The van der Waals surface area contributed by atoms with Crippen molar-refractivity contribution in [3.8, 4) is 0 Å².